The predicted octanol–water partition coefficient (Wildman–Crippen LogP) is 7.05. The van der Waals surface area contributed by atoms with Crippen molar-refractivity contribution in [3.05, 3.63) is 107 Å². The van der Waals surface area contributed by atoms with Crippen molar-refractivity contribution in [2.45, 2.75) is 6.54 Å². The summed E-state index contributed by atoms with van der Waals surface area (Å²) in [5.41, 5.74) is 6.00. The molecule has 1 aliphatic rings. The summed E-state index contributed by atoms with van der Waals surface area (Å²) in [6.07, 6.45) is 0. The summed E-state index contributed by atoms with van der Waals surface area (Å²) in [4.78, 5) is 13.6. The van der Waals surface area contributed by atoms with E-state index in [2.05, 4.69) is 27.9 Å². The van der Waals surface area contributed by atoms with Crippen LogP contribution in [0.5, 0.6) is 0 Å². The lowest BCUT2D eigenvalue weighted by Crippen LogP contribution is -2.12. The highest BCUT2D eigenvalue weighted by Gasteiger charge is 2.32. The van der Waals surface area contributed by atoms with E-state index in [1.807, 2.05) is 72.8 Å². The molecule has 0 atom stereocenters. The number of hydrogen-bond acceptors (Lipinski definition) is 5. The predicted molar refractivity (Wildman–Crippen MR) is 131 cm³/mol. The Morgan fingerprint density at radius 1 is 0.848 bits per heavy atom. The van der Waals surface area contributed by atoms with Gasteiger partial charge in [-0.1, -0.05) is 71.4 Å². The monoisotopic (exact) mass is 451 g/mol. The molecule has 4 aromatic carbocycles. The number of carbonyl (C=O) groups excluding carboxylic acids is 1. The van der Waals surface area contributed by atoms with E-state index in [0.717, 1.165) is 22.5 Å². The number of benzene rings is 4. The molecule has 0 amide bonds. The lowest BCUT2D eigenvalue weighted by atomic mass is 9.86. The van der Waals surface area contributed by atoms with Crippen molar-refractivity contribution in [3.63, 3.8) is 0 Å². The van der Waals surface area contributed by atoms with Crippen LogP contribution in [-0.4, -0.2) is 10.9 Å². The number of nitrogens with zero attached hydrogens (tertiary/aromatic N) is 1. The van der Waals surface area contributed by atoms with Gasteiger partial charge in [0, 0.05) is 28.4 Å². The molecule has 6 heteroatoms. The van der Waals surface area contributed by atoms with Crippen LogP contribution >= 0.6 is 11.6 Å². The molecule has 0 aliphatic heterocycles. The van der Waals surface area contributed by atoms with Gasteiger partial charge in [-0.15, -0.1) is 0 Å². The van der Waals surface area contributed by atoms with Gasteiger partial charge in [-0.3, -0.25) is 4.79 Å². The Hall–Kier alpha value is -4.09. The molecule has 1 aliphatic carbocycles. The smallest absolute Gasteiger partial charge is 0.196 e. The van der Waals surface area contributed by atoms with Crippen molar-refractivity contribution in [2.75, 3.05) is 10.6 Å². The van der Waals surface area contributed by atoms with Crippen molar-refractivity contribution >= 4 is 45.3 Å². The number of fused-ring (bicyclic) bond motifs is 2. The zero-order valence-corrected chi connectivity index (χ0v) is 18.2. The summed E-state index contributed by atoms with van der Waals surface area (Å²) in [5, 5.41) is 12.6. The molecule has 0 saturated heterocycles. The summed E-state index contributed by atoms with van der Waals surface area (Å²) in [6.45, 7) is 0.613. The first-order valence-electron chi connectivity index (χ1n) is 10.6. The Morgan fingerprint density at radius 3 is 2.36 bits per heavy atom. The summed E-state index contributed by atoms with van der Waals surface area (Å²) >= 11 is 6.06. The minimum Gasteiger partial charge on any atom is -0.379 e. The Labute approximate surface area is 195 Å². The fourth-order valence-electron chi connectivity index (χ4n) is 4.27. The van der Waals surface area contributed by atoms with Gasteiger partial charge in [0.1, 0.15) is 5.52 Å². The Balaban J connectivity index is 1.53. The van der Waals surface area contributed by atoms with Gasteiger partial charge in [-0.25, -0.2) is 0 Å². The standard InChI is InChI=1S/C27H18ClN3O2/c28-17-10-12-18(13-11-17)30-21-14-22(29-15-16-6-2-1-3-7-16)25-24-23(21)26(32)19-8-4-5-9-20(19)27(24)33-31-25/h1-14,29-30H,15H2. The van der Waals surface area contributed by atoms with Crippen molar-refractivity contribution in [1.29, 1.82) is 0 Å². The number of aromatic nitrogens is 1. The Bertz CT molecular complexity index is 1510. The minimum atomic E-state index is -0.0580. The Morgan fingerprint density at radius 2 is 1.58 bits per heavy atom. The van der Waals surface area contributed by atoms with Crippen molar-refractivity contribution < 1.29 is 9.32 Å². The van der Waals surface area contributed by atoms with E-state index in [-0.39, 0.29) is 5.78 Å². The molecular formula is C27H18ClN3O2. The molecule has 0 fully saturated rings. The first kappa shape index (κ1) is 19.6. The molecule has 2 N–H and O–H groups in total. The molecule has 6 rings (SSSR count). The number of anilines is 3. The van der Waals surface area contributed by atoms with Gasteiger partial charge < -0.3 is 15.2 Å². The van der Waals surface area contributed by atoms with Crippen LogP contribution in [-0.2, 0) is 6.54 Å². The fraction of sp³-hybridized carbons (Fsp3) is 0.0370. The van der Waals surface area contributed by atoms with Crippen LogP contribution in [0.4, 0.5) is 17.1 Å². The van der Waals surface area contributed by atoms with Gasteiger partial charge in [-0.05, 0) is 35.9 Å². The first-order valence-corrected chi connectivity index (χ1v) is 11.0. The highest BCUT2D eigenvalue weighted by molar-refractivity contribution is 6.30. The topological polar surface area (TPSA) is 67.2 Å². The number of carbonyl (C=O) groups is 1. The van der Waals surface area contributed by atoms with Gasteiger partial charge in [-0.2, -0.15) is 0 Å². The number of nitrogens with one attached hydrogen (secondary N) is 2. The van der Waals surface area contributed by atoms with Crippen molar-refractivity contribution in [2.24, 2.45) is 0 Å². The maximum atomic E-state index is 13.6. The van der Waals surface area contributed by atoms with Crippen LogP contribution in [0.15, 0.2) is 89.5 Å². The molecule has 33 heavy (non-hydrogen) atoms. The van der Waals surface area contributed by atoms with Crippen LogP contribution < -0.4 is 10.6 Å². The molecule has 5 aromatic rings. The highest BCUT2D eigenvalue weighted by atomic mass is 35.5. The normalized spacial score (nSPS) is 12.0. The summed E-state index contributed by atoms with van der Waals surface area (Å²) in [7, 11) is 0. The van der Waals surface area contributed by atoms with E-state index in [1.54, 1.807) is 0 Å². The van der Waals surface area contributed by atoms with E-state index >= 15 is 0 Å². The average Bonchev–Trinajstić information content (AvgIpc) is 3.29. The third-order valence-electron chi connectivity index (χ3n) is 5.85. The van der Waals surface area contributed by atoms with Gasteiger partial charge in [0.2, 0.25) is 0 Å². The van der Waals surface area contributed by atoms with Crippen LogP contribution in [0, 0.1) is 0 Å². The van der Waals surface area contributed by atoms with Gasteiger partial charge in [0.25, 0.3) is 0 Å². The number of ketones is 1. The van der Waals surface area contributed by atoms with Crippen molar-refractivity contribution in [1.82, 2.24) is 5.16 Å². The second-order valence-electron chi connectivity index (χ2n) is 7.93. The van der Waals surface area contributed by atoms with Crippen LogP contribution in [0.2, 0.25) is 5.02 Å². The van der Waals surface area contributed by atoms with E-state index in [0.29, 0.717) is 45.0 Å². The molecule has 1 heterocycles. The SMILES string of the molecule is O=C1c2ccccc2-c2onc3c(NCc4ccccc4)cc(Nc4ccc(Cl)cc4)c1c23. The van der Waals surface area contributed by atoms with Crippen LogP contribution in [0.25, 0.3) is 22.2 Å². The highest BCUT2D eigenvalue weighted by Crippen LogP contribution is 2.45. The van der Waals surface area contributed by atoms with Gasteiger partial charge in [0.05, 0.1) is 22.3 Å². The van der Waals surface area contributed by atoms with E-state index < -0.39 is 0 Å². The second-order valence-corrected chi connectivity index (χ2v) is 8.36. The van der Waals surface area contributed by atoms with E-state index in [1.165, 1.54) is 0 Å². The van der Waals surface area contributed by atoms with Gasteiger partial charge >= 0.3 is 0 Å². The van der Waals surface area contributed by atoms with Crippen LogP contribution in [0.3, 0.4) is 0 Å². The molecule has 0 bridgehead atoms. The summed E-state index contributed by atoms with van der Waals surface area (Å²) in [6, 6.07) is 26.9. The average molecular weight is 452 g/mol. The third kappa shape index (κ3) is 3.34. The molecule has 0 spiro atoms. The lowest BCUT2D eigenvalue weighted by Gasteiger charge is -2.20. The summed E-state index contributed by atoms with van der Waals surface area (Å²) < 4.78 is 5.80. The first-order chi connectivity index (χ1) is 16.2. The molecule has 160 valence electrons. The van der Waals surface area contributed by atoms with Gasteiger partial charge in [0.15, 0.2) is 11.5 Å². The fourth-order valence-corrected chi connectivity index (χ4v) is 4.40. The largest absolute Gasteiger partial charge is 0.379 e. The summed E-state index contributed by atoms with van der Waals surface area (Å²) in [5.74, 6) is 0.551. The zero-order chi connectivity index (χ0) is 22.4. The van der Waals surface area contributed by atoms with E-state index in [9.17, 15) is 4.79 Å². The number of hydrogen-bond donors (Lipinski definition) is 2. The molecule has 0 radical (unpaired) electrons. The lowest BCUT2D eigenvalue weighted by molar-refractivity contribution is 0.104. The minimum absolute atomic E-state index is 0.0580. The number of halogens is 1. The molecule has 5 nitrogen and oxygen atoms in total. The van der Waals surface area contributed by atoms with Crippen molar-refractivity contribution in [3.8, 4) is 11.3 Å². The van der Waals surface area contributed by atoms with Crippen LogP contribution in [0.1, 0.15) is 21.5 Å². The quantitative estimate of drug-likeness (QED) is 0.294. The maximum absolute atomic E-state index is 13.6. The molecule has 1 aromatic heterocycles. The van der Waals surface area contributed by atoms with E-state index in [4.69, 9.17) is 16.1 Å². The number of rotatable bonds is 5. The second kappa shape index (κ2) is 7.80. The molecular weight excluding hydrogens is 434 g/mol. The molecule has 0 unspecified atom stereocenters. The third-order valence-corrected chi connectivity index (χ3v) is 6.10. The molecule has 0 saturated carbocycles. The Kier molecular flexibility index (Phi) is 4.63. The maximum Gasteiger partial charge on any atom is 0.196 e. The zero-order valence-electron chi connectivity index (χ0n) is 17.4.